The van der Waals surface area contributed by atoms with Crippen molar-refractivity contribution in [1.29, 1.82) is 0 Å². The SMILES string of the molecule is C=C(C)C(=O)OCCC[Si](C)(C=O)/C=C\O. The van der Waals surface area contributed by atoms with E-state index < -0.39 is 14.0 Å². The summed E-state index contributed by atoms with van der Waals surface area (Å²) in [5.74, 6) is 0.493. The number of hydrogen-bond acceptors (Lipinski definition) is 4. The molecule has 0 amide bonds. The van der Waals surface area contributed by atoms with Gasteiger partial charge in [0.05, 0.1) is 12.9 Å². The number of hydrogen-bond donors (Lipinski definition) is 1. The normalized spacial score (nSPS) is 14.4. The van der Waals surface area contributed by atoms with Gasteiger partial charge in [-0.2, -0.15) is 0 Å². The monoisotopic (exact) mass is 242 g/mol. The smallest absolute Gasteiger partial charge is 0.333 e. The van der Waals surface area contributed by atoms with Crippen molar-refractivity contribution in [1.82, 2.24) is 0 Å². The molecule has 4 nitrogen and oxygen atoms in total. The van der Waals surface area contributed by atoms with E-state index in [4.69, 9.17) is 9.84 Å². The Balaban J connectivity index is 3.93. The molecule has 0 heterocycles. The molecule has 1 unspecified atom stereocenters. The standard InChI is InChI=1S/C11H18O4Si/c1-10(2)11(14)15-6-4-7-16(3,9-13)8-5-12/h5,8-9,12H,1,4,6-7H2,2-3H3/b8-5-. The molecule has 0 radical (unpaired) electrons. The molecule has 16 heavy (non-hydrogen) atoms. The van der Waals surface area contributed by atoms with E-state index in [0.717, 1.165) is 12.2 Å². The van der Waals surface area contributed by atoms with Crippen LogP contribution in [0.4, 0.5) is 0 Å². The highest BCUT2D eigenvalue weighted by Gasteiger charge is 2.23. The maximum atomic E-state index is 11.0. The summed E-state index contributed by atoms with van der Waals surface area (Å²) in [5, 5.41) is 8.65. The second kappa shape index (κ2) is 7.00. The molecule has 0 aromatic heterocycles. The van der Waals surface area contributed by atoms with E-state index in [1.165, 1.54) is 0 Å². The van der Waals surface area contributed by atoms with Crippen molar-refractivity contribution in [2.75, 3.05) is 6.61 Å². The van der Waals surface area contributed by atoms with E-state index in [1.807, 2.05) is 6.55 Å². The van der Waals surface area contributed by atoms with Crippen LogP contribution >= 0.6 is 0 Å². The molecule has 0 saturated heterocycles. The number of carbonyl (C=O) groups excluding carboxylic acids is 2. The van der Waals surface area contributed by atoms with Gasteiger partial charge in [-0.25, -0.2) is 4.79 Å². The number of esters is 1. The second-order valence-electron chi connectivity index (χ2n) is 3.96. The van der Waals surface area contributed by atoms with E-state index in [-0.39, 0.29) is 6.61 Å². The number of aliphatic hydroxyl groups excluding tert-OH is 1. The Labute approximate surface area is 96.6 Å². The van der Waals surface area contributed by atoms with Gasteiger partial charge in [0.15, 0.2) is 8.07 Å². The molecular formula is C11H18O4Si. The van der Waals surface area contributed by atoms with Gasteiger partial charge >= 0.3 is 5.97 Å². The summed E-state index contributed by atoms with van der Waals surface area (Å²) in [5.41, 5.74) is 1.92. The van der Waals surface area contributed by atoms with Crippen LogP contribution in [0.5, 0.6) is 0 Å². The first-order valence-electron chi connectivity index (χ1n) is 5.06. The zero-order valence-corrected chi connectivity index (χ0v) is 10.7. The molecule has 0 aliphatic carbocycles. The van der Waals surface area contributed by atoms with Gasteiger partial charge in [-0.1, -0.05) is 18.8 Å². The number of aliphatic hydroxyl groups is 1. The summed E-state index contributed by atoms with van der Waals surface area (Å²) >= 11 is 0. The molecule has 0 aliphatic rings. The van der Waals surface area contributed by atoms with Crippen molar-refractivity contribution in [2.24, 2.45) is 0 Å². The number of carbonyl (C=O) groups is 2. The molecule has 0 rings (SSSR count). The molecule has 0 spiro atoms. The van der Waals surface area contributed by atoms with E-state index in [2.05, 4.69) is 6.58 Å². The Morgan fingerprint density at radius 2 is 2.19 bits per heavy atom. The molecule has 0 saturated carbocycles. The highest BCUT2D eigenvalue weighted by molar-refractivity contribution is 7.04. The molecule has 0 bridgehead atoms. The predicted octanol–water partition coefficient (Wildman–Crippen LogP) is 1.96. The maximum Gasteiger partial charge on any atom is 0.333 e. The lowest BCUT2D eigenvalue weighted by Crippen LogP contribution is -2.30. The van der Waals surface area contributed by atoms with Crippen molar-refractivity contribution in [3.63, 3.8) is 0 Å². The summed E-state index contributed by atoms with van der Waals surface area (Å²) in [7, 11) is -2.15. The summed E-state index contributed by atoms with van der Waals surface area (Å²) in [4.78, 5) is 21.9. The summed E-state index contributed by atoms with van der Waals surface area (Å²) in [6, 6.07) is 0.650. The van der Waals surface area contributed by atoms with Crippen LogP contribution in [0, 0.1) is 0 Å². The number of rotatable bonds is 7. The molecule has 0 fully saturated rings. The maximum absolute atomic E-state index is 11.0. The lowest BCUT2D eigenvalue weighted by molar-refractivity contribution is -0.138. The minimum absolute atomic E-state index is 0.279. The third-order valence-corrected chi connectivity index (χ3v) is 5.05. The largest absolute Gasteiger partial charge is 0.516 e. The third-order valence-electron chi connectivity index (χ3n) is 2.17. The van der Waals surface area contributed by atoms with Crippen LogP contribution in [-0.4, -0.2) is 31.7 Å². The fourth-order valence-corrected chi connectivity index (χ4v) is 2.70. The quantitative estimate of drug-likeness (QED) is 0.185. The molecule has 0 aromatic rings. The van der Waals surface area contributed by atoms with Gasteiger partial charge in [-0.15, -0.1) is 0 Å². The highest BCUT2D eigenvalue weighted by atomic mass is 28.3. The third kappa shape index (κ3) is 5.50. The van der Waals surface area contributed by atoms with E-state index in [9.17, 15) is 9.59 Å². The fourth-order valence-electron chi connectivity index (χ4n) is 1.09. The van der Waals surface area contributed by atoms with E-state index in [0.29, 0.717) is 18.0 Å². The molecule has 5 heteroatoms. The fraction of sp³-hybridized carbons (Fsp3) is 0.455. The Kier molecular flexibility index (Phi) is 6.40. The topological polar surface area (TPSA) is 63.6 Å². The van der Waals surface area contributed by atoms with Crippen LogP contribution < -0.4 is 0 Å². The van der Waals surface area contributed by atoms with Crippen LogP contribution in [0.2, 0.25) is 12.6 Å². The lowest BCUT2D eigenvalue weighted by Gasteiger charge is -2.14. The van der Waals surface area contributed by atoms with Gasteiger partial charge in [-0.05, 0) is 19.4 Å². The van der Waals surface area contributed by atoms with Gasteiger partial charge < -0.3 is 14.6 Å². The van der Waals surface area contributed by atoms with E-state index >= 15 is 0 Å². The Hall–Kier alpha value is -1.36. The predicted molar refractivity (Wildman–Crippen MR) is 65.3 cm³/mol. The second-order valence-corrected chi connectivity index (χ2v) is 8.04. The van der Waals surface area contributed by atoms with Gasteiger partial charge in [-0.3, -0.25) is 0 Å². The molecule has 0 aromatic carbocycles. The summed E-state index contributed by atoms with van der Waals surface area (Å²) < 4.78 is 4.90. The van der Waals surface area contributed by atoms with E-state index in [1.54, 1.807) is 12.6 Å². The molecule has 0 aliphatic heterocycles. The summed E-state index contributed by atoms with van der Waals surface area (Å²) in [6.45, 7) is 7.17. The molecule has 1 atom stereocenters. The molecule has 90 valence electrons. The van der Waals surface area contributed by atoms with Crippen molar-refractivity contribution in [3.05, 3.63) is 24.1 Å². The number of ether oxygens (including phenoxy) is 1. The van der Waals surface area contributed by atoms with Crippen LogP contribution in [0.25, 0.3) is 0 Å². The first kappa shape index (κ1) is 14.6. The zero-order valence-electron chi connectivity index (χ0n) is 9.73. The molecular weight excluding hydrogens is 224 g/mol. The van der Waals surface area contributed by atoms with Gasteiger partial charge in [0, 0.05) is 5.57 Å². The van der Waals surface area contributed by atoms with Gasteiger partial charge in [0.25, 0.3) is 0 Å². The average Bonchev–Trinajstić information content (AvgIpc) is 2.24. The highest BCUT2D eigenvalue weighted by Crippen LogP contribution is 2.11. The Morgan fingerprint density at radius 3 is 2.62 bits per heavy atom. The Morgan fingerprint density at radius 1 is 1.56 bits per heavy atom. The zero-order chi connectivity index (χ0) is 12.6. The molecule has 1 N–H and O–H groups in total. The first-order valence-corrected chi connectivity index (χ1v) is 7.92. The van der Waals surface area contributed by atoms with Gasteiger partial charge in [0.2, 0.25) is 0 Å². The average molecular weight is 242 g/mol. The van der Waals surface area contributed by atoms with Crippen LogP contribution in [0.15, 0.2) is 24.1 Å². The Bertz CT molecular complexity index is 298. The van der Waals surface area contributed by atoms with Crippen molar-refractivity contribution in [3.8, 4) is 0 Å². The van der Waals surface area contributed by atoms with Crippen LogP contribution in [0.1, 0.15) is 13.3 Å². The van der Waals surface area contributed by atoms with Gasteiger partial charge in [0.1, 0.15) is 5.91 Å². The van der Waals surface area contributed by atoms with Crippen LogP contribution in [0.3, 0.4) is 0 Å². The minimum Gasteiger partial charge on any atom is -0.516 e. The summed E-state index contributed by atoms with van der Waals surface area (Å²) in [6.07, 6.45) is 1.53. The van der Waals surface area contributed by atoms with Crippen molar-refractivity contribution >= 4 is 20.0 Å². The lowest BCUT2D eigenvalue weighted by atomic mass is 10.4. The first-order chi connectivity index (χ1) is 7.45. The van der Waals surface area contributed by atoms with Crippen LogP contribution in [-0.2, 0) is 14.3 Å². The minimum atomic E-state index is -2.15. The van der Waals surface area contributed by atoms with Crippen molar-refractivity contribution in [2.45, 2.75) is 25.9 Å². The van der Waals surface area contributed by atoms with Crippen molar-refractivity contribution < 1.29 is 19.4 Å².